The van der Waals surface area contributed by atoms with Gasteiger partial charge in [0.2, 0.25) is 0 Å². The SMILES string of the molecule is CC(C)(C)c1cc(Cc2cscn2)cc(C(C)(C)C)c1O. The predicted octanol–water partition coefficient (Wildman–Crippen LogP) is 5.03. The van der Waals surface area contributed by atoms with Crippen molar-refractivity contribution in [3.05, 3.63) is 45.4 Å². The second-order valence-electron chi connectivity index (χ2n) is 7.70. The van der Waals surface area contributed by atoms with Crippen LogP contribution in [-0.2, 0) is 17.3 Å². The van der Waals surface area contributed by atoms with E-state index >= 15 is 0 Å². The molecule has 1 aromatic carbocycles. The second kappa shape index (κ2) is 5.45. The van der Waals surface area contributed by atoms with E-state index in [-0.39, 0.29) is 10.8 Å². The molecule has 0 spiro atoms. The minimum absolute atomic E-state index is 0.0812. The van der Waals surface area contributed by atoms with Gasteiger partial charge in [0.15, 0.2) is 0 Å². The number of thiazole rings is 1. The summed E-state index contributed by atoms with van der Waals surface area (Å²) in [4.78, 5) is 4.37. The summed E-state index contributed by atoms with van der Waals surface area (Å²) in [5.74, 6) is 0.442. The molecule has 0 amide bonds. The number of aromatic hydroxyl groups is 1. The van der Waals surface area contributed by atoms with E-state index in [1.807, 2.05) is 5.51 Å². The molecule has 3 heteroatoms. The third-order valence-electron chi connectivity index (χ3n) is 3.65. The quantitative estimate of drug-likeness (QED) is 0.843. The van der Waals surface area contributed by atoms with E-state index in [1.54, 1.807) is 11.3 Å². The highest BCUT2D eigenvalue weighted by atomic mass is 32.1. The summed E-state index contributed by atoms with van der Waals surface area (Å²) in [6.45, 7) is 12.8. The summed E-state index contributed by atoms with van der Waals surface area (Å²) in [7, 11) is 0. The molecule has 114 valence electrons. The van der Waals surface area contributed by atoms with Crippen molar-refractivity contribution >= 4 is 11.3 Å². The summed E-state index contributed by atoms with van der Waals surface area (Å²) >= 11 is 1.62. The van der Waals surface area contributed by atoms with Crippen molar-refractivity contribution in [2.75, 3.05) is 0 Å². The maximum Gasteiger partial charge on any atom is 0.123 e. The van der Waals surface area contributed by atoms with Crippen molar-refractivity contribution in [3.63, 3.8) is 0 Å². The van der Waals surface area contributed by atoms with Crippen LogP contribution in [0.3, 0.4) is 0 Å². The van der Waals surface area contributed by atoms with Gasteiger partial charge in [-0.15, -0.1) is 11.3 Å². The van der Waals surface area contributed by atoms with Gasteiger partial charge >= 0.3 is 0 Å². The van der Waals surface area contributed by atoms with E-state index in [1.165, 1.54) is 5.56 Å². The van der Waals surface area contributed by atoms with Crippen molar-refractivity contribution in [1.82, 2.24) is 4.98 Å². The number of phenols is 1. The van der Waals surface area contributed by atoms with Crippen molar-refractivity contribution < 1.29 is 5.11 Å². The standard InChI is InChI=1S/C18H25NOS/c1-17(2,3)14-8-12(7-13-10-21-11-19-13)9-15(16(14)20)18(4,5)6/h8-11,20H,7H2,1-6H3. The van der Waals surface area contributed by atoms with E-state index in [0.29, 0.717) is 5.75 Å². The van der Waals surface area contributed by atoms with Crippen molar-refractivity contribution in [2.24, 2.45) is 0 Å². The van der Waals surface area contributed by atoms with Crippen LogP contribution in [0.25, 0.3) is 0 Å². The predicted molar refractivity (Wildman–Crippen MR) is 90.4 cm³/mol. The lowest BCUT2D eigenvalue weighted by Crippen LogP contribution is -2.18. The van der Waals surface area contributed by atoms with Gasteiger partial charge in [0, 0.05) is 11.8 Å². The summed E-state index contributed by atoms with van der Waals surface area (Å²) in [6.07, 6.45) is 0.815. The van der Waals surface area contributed by atoms with Crippen LogP contribution in [-0.4, -0.2) is 10.1 Å². The third kappa shape index (κ3) is 3.65. The first-order valence-electron chi connectivity index (χ1n) is 7.33. The zero-order valence-corrected chi connectivity index (χ0v) is 14.6. The molecule has 0 atom stereocenters. The van der Waals surface area contributed by atoms with Crippen molar-refractivity contribution in [1.29, 1.82) is 0 Å². The van der Waals surface area contributed by atoms with Gasteiger partial charge < -0.3 is 5.11 Å². The first kappa shape index (κ1) is 16.0. The van der Waals surface area contributed by atoms with Gasteiger partial charge in [-0.2, -0.15) is 0 Å². The van der Waals surface area contributed by atoms with Gasteiger partial charge in [0.25, 0.3) is 0 Å². The summed E-state index contributed by atoms with van der Waals surface area (Å²) in [5, 5.41) is 12.8. The Bertz CT molecular complexity index is 581. The van der Waals surface area contributed by atoms with Crippen molar-refractivity contribution in [2.45, 2.75) is 58.8 Å². The lowest BCUT2D eigenvalue weighted by Gasteiger charge is -2.28. The summed E-state index contributed by atoms with van der Waals surface area (Å²) < 4.78 is 0. The maximum absolute atomic E-state index is 10.7. The molecule has 1 N–H and O–H groups in total. The summed E-state index contributed by atoms with van der Waals surface area (Å²) in [6, 6.07) is 4.26. The van der Waals surface area contributed by atoms with Crippen molar-refractivity contribution in [3.8, 4) is 5.75 Å². The molecular weight excluding hydrogens is 278 g/mol. The Hall–Kier alpha value is -1.35. The molecule has 2 nitrogen and oxygen atoms in total. The Morgan fingerprint density at radius 2 is 1.52 bits per heavy atom. The van der Waals surface area contributed by atoms with Crippen LogP contribution in [0.15, 0.2) is 23.0 Å². The minimum Gasteiger partial charge on any atom is -0.507 e. The monoisotopic (exact) mass is 303 g/mol. The minimum atomic E-state index is -0.0812. The molecule has 2 aromatic rings. The van der Waals surface area contributed by atoms with Gasteiger partial charge in [0.1, 0.15) is 5.75 Å². The number of hydrogen-bond donors (Lipinski definition) is 1. The molecule has 1 heterocycles. The fourth-order valence-corrected chi connectivity index (χ4v) is 3.03. The van der Waals surface area contributed by atoms with Gasteiger partial charge in [0.05, 0.1) is 11.2 Å². The van der Waals surface area contributed by atoms with Gasteiger partial charge in [-0.1, -0.05) is 53.7 Å². The fraction of sp³-hybridized carbons (Fsp3) is 0.500. The molecule has 0 saturated carbocycles. The van der Waals surface area contributed by atoms with Crippen LogP contribution in [0.5, 0.6) is 5.75 Å². The number of aromatic nitrogens is 1. The van der Waals surface area contributed by atoms with E-state index < -0.39 is 0 Å². The Balaban J connectivity index is 2.56. The molecule has 0 aliphatic rings. The molecule has 0 saturated heterocycles. The first-order valence-corrected chi connectivity index (χ1v) is 8.27. The maximum atomic E-state index is 10.7. The molecule has 21 heavy (non-hydrogen) atoms. The molecule has 2 rings (SSSR count). The van der Waals surface area contributed by atoms with Crippen LogP contribution >= 0.6 is 11.3 Å². The average molecular weight is 303 g/mol. The highest BCUT2D eigenvalue weighted by Crippen LogP contribution is 2.40. The van der Waals surface area contributed by atoms with Crippen LogP contribution in [0.2, 0.25) is 0 Å². The fourth-order valence-electron chi connectivity index (χ4n) is 2.47. The normalized spacial score (nSPS) is 12.7. The Morgan fingerprint density at radius 3 is 1.90 bits per heavy atom. The Morgan fingerprint density at radius 1 is 1.00 bits per heavy atom. The van der Waals surface area contributed by atoms with Crippen LogP contribution in [0.4, 0.5) is 0 Å². The molecule has 0 aliphatic carbocycles. The van der Waals surface area contributed by atoms with E-state index in [9.17, 15) is 5.11 Å². The van der Waals surface area contributed by atoms with Crippen LogP contribution in [0, 0.1) is 0 Å². The molecule has 0 bridgehead atoms. The van der Waals surface area contributed by atoms with Gasteiger partial charge in [-0.25, -0.2) is 4.98 Å². The number of benzene rings is 1. The second-order valence-corrected chi connectivity index (χ2v) is 8.41. The number of phenolic OH excluding ortho intramolecular Hbond substituents is 1. The Labute approximate surface area is 131 Å². The van der Waals surface area contributed by atoms with Crippen LogP contribution in [0.1, 0.15) is 63.9 Å². The molecule has 0 unspecified atom stereocenters. The zero-order valence-electron chi connectivity index (χ0n) is 13.8. The largest absolute Gasteiger partial charge is 0.507 e. The lowest BCUT2D eigenvalue weighted by molar-refractivity contribution is 0.423. The molecule has 1 aromatic heterocycles. The van der Waals surface area contributed by atoms with E-state index in [2.05, 4.69) is 64.0 Å². The Kier molecular flexibility index (Phi) is 4.16. The molecule has 0 fully saturated rings. The highest BCUT2D eigenvalue weighted by molar-refractivity contribution is 7.07. The average Bonchev–Trinajstić information content (AvgIpc) is 2.81. The number of nitrogens with zero attached hydrogens (tertiary/aromatic N) is 1. The molecular formula is C18H25NOS. The van der Waals surface area contributed by atoms with E-state index in [4.69, 9.17) is 0 Å². The lowest BCUT2D eigenvalue weighted by atomic mass is 9.78. The zero-order chi connectivity index (χ0) is 15.8. The number of hydrogen-bond acceptors (Lipinski definition) is 3. The topological polar surface area (TPSA) is 33.1 Å². The number of rotatable bonds is 2. The van der Waals surface area contributed by atoms with Crippen LogP contribution < -0.4 is 0 Å². The molecule has 0 radical (unpaired) electrons. The smallest absolute Gasteiger partial charge is 0.123 e. The third-order valence-corrected chi connectivity index (χ3v) is 4.29. The van der Waals surface area contributed by atoms with E-state index in [0.717, 1.165) is 23.2 Å². The van der Waals surface area contributed by atoms with Gasteiger partial charge in [-0.3, -0.25) is 0 Å². The van der Waals surface area contributed by atoms with Gasteiger partial charge in [-0.05, 0) is 27.5 Å². The summed E-state index contributed by atoms with van der Waals surface area (Å²) in [5.41, 5.74) is 6.04. The first-order chi connectivity index (χ1) is 9.59. The molecule has 0 aliphatic heterocycles. The highest BCUT2D eigenvalue weighted by Gasteiger charge is 2.26.